The van der Waals surface area contributed by atoms with Crippen LogP contribution in [0.5, 0.6) is 0 Å². The van der Waals surface area contributed by atoms with Gasteiger partial charge in [-0.05, 0) is 43.9 Å². The van der Waals surface area contributed by atoms with E-state index in [1.165, 1.54) is 12.1 Å². The third-order valence-corrected chi connectivity index (χ3v) is 3.60. The molecule has 3 nitrogen and oxygen atoms in total. The number of anilines is 1. The van der Waals surface area contributed by atoms with Gasteiger partial charge in [-0.25, -0.2) is 4.39 Å². The Morgan fingerprint density at radius 3 is 2.94 bits per heavy atom. The van der Waals surface area contributed by atoms with Gasteiger partial charge in [-0.2, -0.15) is 5.26 Å². The standard InChI is InChI=1S/C13H15ClFN3/c14-11-6-10(3-4-12(11)15)18-13(8-16)5-1-2-9(17)7-13/h3-4,6,9,18H,1-2,5,7,17H2. The van der Waals surface area contributed by atoms with Crippen LogP contribution in [0.15, 0.2) is 18.2 Å². The van der Waals surface area contributed by atoms with Crippen LogP contribution in [0.2, 0.25) is 5.02 Å². The maximum Gasteiger partial charge on any atom is 0.141 e. The highest BCUT2D eigenvalue weighted by Crippen LogP contribution is 2.31. The molecular formula is C13H15ClFN3. The SMILES string of the molecule is N#CC1(Nc2ccc(F)c(Cl)c2)CCCC(N)C1. The summed E-state index contributed by atoms with van der Waals surface area (Å²) < 4.78 is 13.1. The second-order valence-corrected chi connectivity index (χ2v) is 5.21. The molecule has 18 heavy (non-hydrogen) atoms. The molecular weight excluding hydrogens is 253 g/mol. The molecule has 0 radical (unpaired) electrons. The zero-order valence-corrected chi connectivity index (χ0v) is 10.7. The average molecular weight is 268 g/mol. The molecule has 0 spiro atoms. The highest BCUT2D eigenvalue weighted by molar-refractivity contribution is 6.31. The minimum atomic E-state index is -0.668. The Balaban J connectivity index is 2.20. The summed E-state index contributed by atoms with van der Waals surface area (Å²) in [6, 6.07) is 6.70. The molecule has 0 bridgehead atoms. The van der Waals surface area contributed by atoms with E-state index in [2.05, 4.69) is 11.4 Å². The van der Waals surface area contributed by atoms with Gasteiger partial charge in [0, 0.05) is 11.7 Å². The minimum Gasteiger partial charge on any atom is -0.367 e. The molecule has 1 saturated carbocycles. The normalized spacial score (nSPS) is 27.6. The van der Waals surface area contributed by atoms with Gasteiger partial charge in [0.25, 0.3) is 0 Å². The van der Waals surface area contributed by atoms with Crippen LogP contribution in [-0.4, -0.2) is 11.6 Å². The number of hydrogen-bond donors (Lipinski definition) is 2. The Hall–Kier alpha value is -1.31. The van der Waals surface area contributed by atoms with Crippen LogP contribution < -0.4 is 11.1 Å². The average Bonchev–Trinajstić information content (AvgIpc) is 2.34. The second-order valence-electron chi connectivity index (χ2n) is 4.80. The molecule has 0 heterocycles. The molecule has 2 unspecified atom stereocenters. The first-order valence-electron chi connectivity index (χ1n) is 5.95. The Kier molecular flexibility index (Phi) is 3.74. The van der Waals surface area contributed by atoms with Crippen LogP contribution in [0.1, 0.15) is 25.7 Å². The van der Waals surface area contributed by atoms with Crippen molar-refractivity contribution in [3.05, 3.63) is 29.0 Å². The molecule has 5 heteroatoms. The van der Waals surface area contributed by atoms with Crippen molar-refractivity contribution >= 4 is 17.3 Å². The number of nitrogens with zero attached hydrogens (tertiary/aromatic N) is 1. The molecule has 0 aliphatic heterocycles. The van der Waals surface area contributed by atoms with E-state index in [1.54, 1.807) is 6.07 Å². The first-order valence-corrected chi connectivity index (χ1v) is 6.32. The van der Waals surface area contributed by atoms with Crippen molar-refractivity contribution in [2.24, 2.45) is 5.73 Å². The lowest BCUT2D eigenvalue weighted by Gasteiger charge is -2.35. The predicted molar refractivity (Wildman–Crippen MR) is 69.8 cm³/mol. The van der Waals surface area contributed by atoms with Crippen LogP contribution in [0.4, 0.5) is 10.1 Å². The quantitative estimate of drug-likeness (QED) is 0.866. The van der Waals surface area contributed by atoms with Crippen molar-refractivity contribution in [3.8, 4) is 6.07 Å². The van der Waals surface area contributed by atoms with Gasteiger partial charge in [0.15, 0.2) is 0 Å². The maximum absolute atomic E-state index is 13.1. The number of nitriles is 1. The highest BCUT2D eigenvalue weighted by atomic mass is 35.5. The third-order valence-electron chi connectivity index (χ3n) is 3.31. The monoisotopic (exact) mass is 267 g/mol. The van der Waals surface area contributed by atoms with E-state index in [0.29, 0.717) is 12.1 Å². The molecule has 0 saturated heterocycles. The summed E-state index contributed by atoms with van der Waals surface area (Å²) >= 11 is 5.73. The summed E-state index contributed by atoms with van der Waals surface area (Å²) in [4.78, 5) is 0. The fourth-order valence-corrected chi connectivity index (χ4v) is 2.59. The molecule has 1 fully saturated rings. The van der Waals surface area contributed by atoms with Gasteiger partial charge in [-0.1, -0.05) is 11.6 Å². The van der Waals surface area contributed by atoms with E-state index in [1.807, 2.05) is 0 Å². The molecule has 0 amide bonds. The zero-order valence-electron chi connectivity index (χ0n) is 9.92. The van der Waals surface area contributed by atoms with Gasteiger partial charge in [0.2, 0.25) is 0 Å². The number of halogens is 2. The third kappa shape index (κ3) is 2.74. The Labute approximate surface area is 111 Å². The number of nitrogens with two attached hydrogens (primary N) is 1. The lowest BCUT2D eigenvalue weighted by molar-refractivity contribution is 0.351. The zero-order chi connectivity index (χ0) is 13.2. The van der Waals surface area contributed by atoms with E-state index in [-0.39, 0.29) is 11.1 Å². The Morgan fingerprint density at radius 2 is 2.33 bits per heavy atom. The van der Waals surface area contributed by atoms with Crippen LogP contribution >= 0.6 is 11.6 Å². The molecule has 1 aromatic rings. The summed E-state index contributed by atoms with van der Waals surface area (Å²) in [6.07, 6.45) is 3.19. The van der Waals surface area contributed by atoms with Gasteiger partial charge in [0.05, 0.1) is 11.1 Å². The number of hydrogen-bond acceptors (Lipinski definition) is 3. The lowest BCUT2D eigenvalue weighted by Crippen LogP contribution is -2.45. The van der Waals surface area contributed by atoms with E-state index >= 15 is 0 Å². The minimum absolute atomic E-state index is 0.0295. The Bertz CT molecular complexity index is 486. The predicted octanol–water partition coefficient (Wildman–Crippen LogP) is 3.05. The topological polar surface area (TPSA) is 61.8 Å². The van der Waals surface area contributed by atoms with Gasteiger partial charge in [-0.3, -0.25) is 0 Å². The van der Waals surface area contributed by atoms with E-state index < -0.39 is 11.4 Å². The maximum atomic E-state index is 13.1. The molecule has 3 N–H and O–H groups in total. The summed E-state index contributed by atoms with van der Waals surface area (Å²) in [5.74, 6) is -0.464. The van der Waals surface area contributed by atoms with Gasteiger partial charge < -0.3 is 11.1 Å². The summed E-state index contributed by atoms with van der Waals surface area (Å²) in [7, 11) is 0. The van der Waals surface area contributed by atoms with Gasteiger partial charge in [-0.15, -0.1) is 0 Å². The van der Waals surface area contributed by atoms with Crippen molar-refractivity contribution in [1.29, 1.82) is 5.26 Å². The van der Waals surface area contributed by atoms with E-state index in [0.717, 1.165) is 19.3 Å². The van der Waals surface area contributed by atoms with Gasteiger partial charge in [0.1, 0.15) is 11.4 Å². The fourth-order valence-electron chi connectivity index (χ4n) is 2.41. The van der Waals surface area contributed by atoms with Crippen LogP contribution in [0, 0.1) is 17.1 Å². The number of benzene rings is 1. The molecule has 96 valence electrons. The van der Waals surface area contributed by atoms with Crippen LogP contribution in [0.3, 0.4) is 0 Å². The summed E-state index contributed by atoms with van der Waals surface area (Å²) in [5, 5.41) is 12.6. The van der Waals surface area contributed by atoms with Crippen molar-refractivity contribution in [1.82, 2.24) is 0 Å². The molecule has 2 atom stereocenters. The van der Waals surface area contributed by atoms with Crippen LogP contribution in [0.25, 0.3) is 0 Å². The van der Waals surface area contributed by atoms with Crippen LogP contribution in [-0.2, 0) is 0 Å². The second kappa shape index (κ2) is 5.13. The van der Waals surface area contributed by atoms with Crippen molar-refractivity contribution in [2.75, 3.05) is 5.32 Å². The number of nitrogens with one attached hydrogen (secondary N) is 1. The summed E-state index contributed by atoms with van der Waals surface area (Å²) in [5.41, 5.74) is 5.90. The largest absolute Gasteiger partial charge is 0.367 e. The smallest absolute Gasteiger partial charge is 0.141 e. The first kappa shape index (κ1) is 13.1. The van der Waals surface area contributed by atoms with Crippen molar-refractivity contribution in [2.45, 2.75) is 37.3 Å². The van der Waals surface area contributed by atoms with Crippen molar-refractivity contribution < 1.29 is 4.39 Å². The highest BCUT2D eigenvalue weighted by Gasteiger charge is 2.35. The van der Waals surface area contributed by atoms with Crippen molar-refractivity contribution in [3.63, 3.8) is 0 Å². The molecule has 0 aromatic heterocycles. The molecule has 1 aromatic carbocycles. The molecule has 1 aliphatic rings. The van der Waals surface area contributed by atoms with E-state index in [9.17, 15) is 9.65 Å². The summed E-state index contributed by atoms with van der Waals surface area (Å²) in [6.45, 7) is 0. The Morgan fingerprint density at radius 1 is 1.56 bits per heavy atom. The lowest BCUT2D eigenvalue weighted by atomic mass is 9.80. The van der Waals surface area contributed by atoms with E-state index in [4.69, 9.17) is 17.3 Å². The molecule has 2 rings (SSSR count). The number of rotatable bonds is 2. The molecule has 1 aliphatic carbocycles. The van der Waals surface area contributed by atoms with Gasteiger partial charge >= 0.3 is 0 Å². The fraction of sp³-hybridized carbons (Fsp3) is 0.462. The first-order chi connectivity index (χ1) is 8.54.